The smallest absolute Gasteiger partial charge is 0.343 e. The van der Waals surface area contributed by atoms with Crippen LogP contribution < -0.4 is 0 Å². The number of aromatic nitrogens is 2. The maximum Gasteiger partial charge on any atom is 0.343 e. The summed E-state index contributed by atoms with van der Waals surface area (Å²) >= 11 is 1.30. The summed E-state index contributed by atoms with van der Waals surface area (Å²) in [6.07, 6.45) is 2.42. The van der Waals surface area contributed by atoms with Gasteiger partial charge in [-0.3, -0.25) is 4.79 Å². The fourth-order valence-corrected chi connectivity index (χ4v) is 3.17. The van der Waals surface area contributed by atoms with E-state index in [1.54, 1.807) is 50.2 Å². The van der Waals surface area contributed by atoms with Crippen molar-refractivity contribution in [3.63, 3.8) is 0 Å². The molecule has 3 aromatic rings. The summed E-state index contributed by atoms with van der Waals surface area (Å²) in [6, 6.07) is 12.2. The summed E-state index contributed by atoms with van der Waals surface area (Å²) in [6.45, 7) is 3.26. The van der Waals surface area contributed by atoms with Gasteiger partial charge < -0.3 is 9.15 Å². The molecule has 2 heterocycles. The van der Waals surface area contributed by atoms with E-state index in [1.807, 2.05) is 12.3 Å². The topological polar surface area (TPSA) is 82.3 Å². The van der Waals surface area contributed by atoms with E-state index < -0.39 is 12.1 Å². The Morgan fingerprint density at radius 2 is 1.85 bits per heavy atom. The number of hydrogen-bond donors (Lipinski definition) is 0. The minimum atomic E-state index is -0.918. The molecule has 138 valence electrons. The molecule has 0 aliphatic rings. The molecule has 6 nitrogen and oxygen atoms in total. The van der Waals surface area contributed by atoms with Crippen LogP contribution in [0.1, 0.15) is 33.3 Å². The largest absolute Gasteiger partial charge is 0.461 e. The molecule has 2 aromatic heterocycles. The van der Waals surface area contributed by atoms with E-state index in [9.17, 15) is 9.59 Å². The Morgan fingerprint density at radius 1 is 1.11 bits per heavy atom. The highest BCUT2D eigenvalue weighted by Gasteiger charge is 2.25. The maximum atomic E-state index is 12.7. The second-order valence-corrected chi connectivity index (χ2v) is 6.57. The second kappa shape index (κ2) is 8.18. The van der Waals surface area contributed by atoms with Gasteiger partial charge >= 0.3 is 5.97 Å². The highest BCUT2D eigenvalue weighted by Crippen LogP contribution is 2.26. The molecule has 27 heavy (non-hydrogen) atoms. The van der Waals surface area contributed by atoms with Gasteiger partial charge in [0.1, 0.15) is 10.6 Å². The quantitative estimate of drug-likeness (QED) is 0.273. The van der Waals surface area contributed by atoms with E-state index in [0.29, 0.717) is 27.9 Å². The minimum Gasteiger partial charge on any atom is -0.461 e. The van der Waals surface area contributed by atoms with Crippen molar-refractivity contribution in [3.8, 4) is 11.6 Å². The number of esters is 1. The van der Waals surface area contributed by atoms with Crippen molar-refractivity contribution < 1.29 is 18.7 Å². The van der Waals surface area contributed by atoms with Crippen molar-refractivity contribution in [1.82, 2.24) is 9.97 Å². The van der Waals surface area contributed by atoms with Gasteiger partial charge in [-0.05, 0) is 32.2 Å². The Balaban J connectivity index is 1.85. The number of ether oxygens (including phenoxy) is 1. The van der Waals surface area contributed by atoms with Crippen LogP contribution in [0.3, 0.4) is 0 Å². The van der Waals surface area contributed by atoms with E-state index in [2.05, 4.69) is 9.97 Å². The van der Waals surface area contributed by atoms with Crippen LogP contribution >= 0.6 is 11.8 Å². The average Bonchev–Trinajstić information content (AvgIpc) is 3.22. The standard InChI is InChI=1S/C20H18N2O4S/c1-12-16(19(27-3)22-18(21-12)15-10-7-11-25-15)20(24)26-13(2)17(23)14-8-5-4-6-9-14/h4-11,13H,1-3H3. The first-order valence-electron chi connectivity index (χ1n) is 8.28. The number of thioether (sulfide) groups is 1. The van der Waals surface area contributed by atoms with Crippen molar-refractivity contribution in [1.29, 1.82) is 0 Å². The first-order chi connectivity index (χ1) is 13.0. The number of Topliss-reactive ketones (excluding diaryl/α,β-unsaturated/α-hetero) is 1. The fraction of sp³-hybridized carbons (Fsp3) is 0.200. The van der Waals surface area contributed by atoms with Crippen molar-refractivity contribution in [2.45, 2.75) is 25.0 Å². The van der Waals surface area contributed by atoms with Crippen LogP contribution in [0, 0.1) is 6.92 Å². The number of aryl methyl sites for hydroxylation is 1. The van der Waals surface area contributed by atoms with Crippen molar-refractivity contribution in [3.05, 3.63) is 65.5 Å². The number of furan rings is 1. The Kier molecular flexibility index (Phi) is 5.71. The van der Waals surface area contributed by atoms with E-state index in [1.165, 1.54) is 18.0 Å². The summed E-state index contributed by atoms with van der Waals surface area (Å²) in [5.74, 6) is 0.0211. The third-order valence-electron chi connectivity index (χ3n) is 3.91. The Bertz CT molecular complexity index is 956. The molecular formula is C20H18N2O4S. The van der Waals surface area contributed by atoms with E-state index in [0.717, 1.165) is 0 Å². The first kappa shape index (κ1) is 18.8. The van der Waals surface area contributed by atoms with Crippen LogP contribution in [-0.4, -0.2) is 34.1 Å². The van der Waals surface area contributed by atoms with Crippen LogP contribution in [0.15, 0.2) is 58.2 Å². The number of ketones is 1. The zero-order valence-electron chi connectivity index (χ0n) is 15.1. The molecule has 1 atom stereocenters. The molecule has 0 amide bonds. The highest BCUT2D eigenvalue weighted by molar-refractivity contribution is 7.98. The average molecular weight is 382 g/mol. The number of carbonyl (C=O) groups is 2. The van der Waals surface area contributed by atoms with Crippen molar-refractivity contribution in [2.24, 2.45) is 0 Å². The third kappa shape index (κ3) is 4.09. The number of carbonyl (C=O) groups excluding carboxylic acids is 2. The summed E-state index contributed by atoms with van der Waals surface area (Å²) in [5.41, 5.74) is 1.21. The monoisotopic (exact) mass is 382 g/mol. The Morgan fingerprint density at radius 3 is 2.48 bits per heavy atom. The van der Waals surface area contributed by atoms with Gasteiger partial charge in [0.2, 0.25) is 5.78 Å². The van der Waals surface area contributed by atoms with E-state index in [4.69, 9.17) is 9.15 Å². The summed E-state index contributed by atoms with van der Waals surface area (Å²) in [7, 11) is 0. The van der Waals surface area contributed by atoms with Crippen molar-refractivity contribution in [2.75, 3.05) is 6.26 Å². The zero-order chi connectivity index (χ0) is 19.4. The maximum absolute atomic E-state index is 12.7. The van der Waals surface area contributed by atoms with Gasteiger partial charge in [0.05, 0.1) is 12.0 Å². The van der Waals surface area contributed by atoms with E-state index >= 15 is 0 Å². The van der Waals surface area contributed by atoms with Gasteiger partial charge in [-0.25, -0.2) is 14.8 Å². The van der Waals surface area contributed by atoms with Crippen LogP contribution in [0.2, 0.25) is 0 Å². The lowest BCUT2D eigenvalue weighted by atomic mass is 10.1. The third-order valence-corrected chi connectivity index (χ3v) is 4.59. The van der Waals surface area contributed by atoms with Crippen molar-refractivity contribution >= 4 is 23.5 Å². The number of nitrogens with zero attached hydrogens (tertiary/aromatic N) is 2. The molecule has 7 heteroatoms. The van der Waals surface area contributed by atoms with Gasteiger partial charge in [-0.15, -0.1) is 11.8 Å². The Labute approximate surface area is 161 Å². The predicted octanol–water partition coefficient (Wildman–Crippen LogP) is 4.20. The number of benzene rings is 1. The number of hydrogen-bond acceptors (Lipinski definition) is 7. The SMILES string of the molecule is CSc1nc(-c2ccco2)nc(C)c1C(=O)OC(C)C(=O)c1ccccc1. The highest BCUT2D eigenvalue weighted by atomic mass is 32.2. The summed E-state index contributed by atoms with van der Waals surface area (Å²) in [5, 5.41) is 0.471. The molecular weight excluding hydrogens is 364 g/mol. The molecule has 0 aliphatic heterocycles. The molecule has 1 unspecified atom stereocenters. The molecule has 0 N–H and O–H groups in total. The summed E-state index contributed by atoms with van der Waals surface area (Å²) in [4.78, 5) is 33.9. The minimum absolute atomic E-state index is 0.255. The molecule has 3 rings (SSSR count). The lowest BCUT2D eigenvalue weighted by Gasteiger charge is -2.15. The van der Waals surface area contributed by atoms with Gasteiger partial charge in [0.15, 0.2) is 17.7 Å². The van der Waals surface area contributed by atoms with Gasteiger partial charge in [0.25, 0.3) is 0 Å². The molecule has 0 saturated carbocycles. The molecule has 1 aromatic carbocycles. The summed E-state index contributed by atoms with van der Waals surface area (Å²) < 4.78 is 10.7. The molecule has 0 saturated heterocycles. The zero-order valence-corrected chi connectivity index (χ0v) is 15.9. The normalized spacial score (nSPS) is 11.8. The lowest BCUT2D eigenvalue weighted by Crippen LogP contribution is -2.25. The predicted molar refractivity (Wildman–Crippen MR) is 102 cm³/mol. The number of rotatable bonds is 6. The molecule has 0 fully saturated rings. The molecule has 0 radical (unpaired) electrons. The first-order valence-corrected chi connectivity index (χ1v) is 9.50. The van der Waals surface area contributed by atoms with Gasteiger partial charge in [-0.1, -0.05) is 30.3 Å². The van der Waals surface area contributed by atoms with Crippen LogP contribution in [0.4, 0.5) is 0 Å². The van der Waals surface area contributed by atoms with E-state index in [-0.39, 0.29) is 11.3 Å². The lowest BCUT2D eigenvalue weighted by molar-refractivity contribution is 0.0313. The Hall–Kier alpha value is -2.93. The van der Waals surface area contributed by atoms with Gasteiger partial charge in [0, 0.05) is 5.56 Å². The van der Waals surface area contributed by atoms with Crippen LogP contribution in [-0.2, 0) is 4.74 Å². The molecule has 0 spiro atoms. The molecule has 0 aliphatic carbocycles. The van der Waals surface area contributed by atoms with Crippen LogP contribution in [0.25, 0.3) is 11.6 Å². The van der Waals surface area contributed by atoms with Gasteiger partial charge in [-0.2, -0.15) is 0 Å². The fourth-order valence-electron chi connectivity index (χ4n) is 2.56. The molecule has 0 bridgehead atoms. The van der Waals surface area contributed by atoms with Crippen LogP contribution in [0.5, 0.6) is 0 Å². The second-order valence-electron chi connectivity index (χ2n) is 5.77.